The van der Waals surface area contributed by atoms with Crippen LogP contribution in [0.2, 0.25) is 0 Å². The molecule has 67 heavy (non-hydrogen) atoms. The summed E-state index contributed by atoms with van der Waals surface area (Å²) in [6.45, 7) is 4.69. The molecule has 0 bridgehead atoms. The second kappa shape index (κ2) is 14.9. The third kappa shape index (κ3) is 6.12. The fraction of sp³-hybridized carbons (Fsp3) is 0.0484. The van der Waals surface area contributed by atoms with Crippen LogP contribution in [0, 0.1) is 0 Å². The maximum atomic E-state index is 13.8. The largest absolute Gasteiger partial charge is 0.456 e. The number of hydrogen-bond donors (Lipinski definition) is 0. The van der Waals surface area contributed by atoms with Crippen molar-refractivity contribution in [3.63, 3.8) is 0 Å². The predicted molar refractivity (Wildman–Crippen MR) is 279 cm³/mol. The quantitative estimate of drug-likeness (QED) is 0.156. The van der Waals surface area contributed by atoms with E-state index in [9.17, 15) is 4.79 Å². The average molecular weight is 862 g/mol. The van der Waals surface area contributed by atoms with Crippen molar-refractivity contribution in [1.29, 1.82) is 0 Å². The van der Waals surface area contributed by atoms with Crippen LogP contribution < -0.4 is 15.2 Å². The minimum absolute atomic E-state index is 0.0306. The van der Waals surface area contributed by atoms with Crippen molar-refractivity contribution in [2.24, 2.45) is 0 Å². The molecule has 2 aromatic heterocycles. The molecule has 5 heteroatoms. The zero-order valence-corrected chi connectivity index (χ0v) is 37.0. The van der Waals surface area contributed by atoms with Crippen LogP contribution in [-0.4, -0.2) is 4.57 Å². The van der Waals surface area contributed by atoms with E-state index in [1.165, 1.54) is 43.8 Å². The van der Waals surface area contributed by atoms with Crippen LogP contribution in [0.3, 0.4) is 0 Å². The highest BCUT2D eigenvalue weighted by atomic mass is 16.3. The summed E-state index contributed by atoms with van der Waals surface area (Å²) in [5, 5.41) is 5.99. The molecule has 1 aliphatic heterocycles. The summed E-state index contributed by atoms with van der Waals surface area (Å²) in [5.74, 6) is 0. The molecule has 13 rings (SSSR count). The minimum Gasteiger partial charge on any atom is -0.456 e. The van der Waals surface area contributed by atoms with E-state index in [1.54, 1.807) is 0 Å². The van der Waals surface area contributed by atoms with Crippen LogP contribution in [0.4, 0.5) is 34.1 Å². The van der Waals surface area contributed by atoms with Crippen molar-refractivity contribution in [3.05, 3.63) is 246 Å². The Balaban J connectivity index is 1.03. The normalized spacial score (nSPS) is 13.1. The van der Waals surface area contributed by atoms with Crippen molar-refractivity contribution in [3.8, 4) is 16.8 Å². The molecule has 3 heterocycles. The van der Waals surface area contributed by atoms with Crippen LogP contribution in [0.1, 0.15) is 25.0 Å². The van der Waals surface area contributed by atoms with Crippen LogP contribution in [0.15, 0.2) is 234 Å². The fourth-order valence-electron chi connectivity index (χ4n) is 10.6. The number of nitrogens with zero attached hydrogens (tertiary/aromatic N) is 3. The molecule has 318 valence electrons. The molecule has 0 aliphatic carbocycles. The smallest absolute Gasteiger partial charge is 0.200 e. The van der Waals surface area contributed by atoms with Crippen molar-refractivity contribution in [1.82, 2.24) is 4.57 Å². The fourth-order valence-corrected chi connectivity index (χ4v) is 10.6. The second-order valence-corrected chi connectivity index (χ2v) is 18.1. The van der Waals surface area contributed by atoms with E-state index in [0.717, 1.165) is 50.9 Å². The molecule has 0 spiro atoms. The molecule has 0 saturated carbocycles. The van der Waals surface area contributed by atoms with Crippen molar-refractivity contribution in [2.75, 3.05) is 9.80 Å². The SMILES string of the molecule is CC1(C)c2cc(-c3ccc4ccccc4c3)ccc2N(c2ccc3c(=O)c4ccccc4oc3c2)c2ccc(N(c3ccccc3)c3ccc4c5ccccc5n(-c5ccccc5)c4c3)cc21. The van der Waals surface area contributed by atoms with Crippen LogP contribution in [-0.2, 0) is 5.41 Å². The van der Waals surface area contributed by atoms with Gasteiger partial charge in [0.1, 0.15) is 11.2 Å². The summed E-state index contributed by atoms with van der Waals surface area (Å²) >= 11 is 0. The van der Waals surface area contributed by atoms with Gasteiger partial charge < -0.3 is 18.8 Å². The van der Waals surface area contributed by atoms with Gasteiger partial charge in [0.2, 0.25) is 5.43 Å². The molecule has 0 atom stereocenters. The summed E-state index contributed by atoms with van der Waals surface area (Å²) in [7, 11) is 0. The van der Waals surface area contributed by atoms with Gasteiger partial charge in [-0.1, -0.05) is 129 Å². The molecule has 0 amide bonds. The van der Waals surface area contributed by atoms with Gasteiger partial charge in [0.25, 0.3) is 0 Å². The number of aromatic nitrogens is 1. The Labute approximate surface area is 387 Å². The zero-order valence-electron chi connectivity index (χ0n) is 37.0. The van der Waals surface area contributed by atoms with E-state index in [1.807, 2.05) is 36.4 Å². The third-order valence-electron chi connectivity index (χ3n) is 13.9. The molecular weight excluding hydrogens is 819 g/mol. The highest BCUT2D eigenvalue weighted by Crippen LogP contribution is 2.54. The number of rotatable bonds is 6. The maximum absolute atomic E-state index is 13.8. The molecule has 0 fully saturated rings. The van der Waals surface area contributed by atoms with E-state index in [0.29, 0.717) is 21.9 Å². The topological polar surface area (TPSA) is 41.6 Å². The zero-order chi connectivity index (χ0) is 44.8. The molecule has 5 nitrogen and oxygen atoms in total. The number of fused-ring (bicyclic) bond motifs is 8. The standard InChI is InChI=1S/C62H43N3O2/c1-62(2)53-36-43(42-26-25-40-15-9-10-16-41(40)35-42)27-33-56(53)65(48-29-32-52-60(39-48)67-59-24-14-12-22-51(59)61(52)66)57-34-30-46(37-54(57)62)63(44-17-5-3-6-18-44)47-28-31-50-49-21-11-13-23-55(49)64(58(50)38-47)45-19-7-4-8-20-45/h3-39H,1-2H3. The number of anilines is 6. The van der Waals surface area contributed by atoms with Gasteiger partial charge in [0.05, 0.1) is 33.2 Å². The van der Waals surface area contributed by atoms with E-state index >= 15 is 0 Å². The molecule has 10 aromatic carbocycles. The first-order chi connectivity index (χ1) is 32.9. The predicted octanol–water partition coefficient (Wildman–Crippen LogP) is 16.4. The Morgan fingerprint density at radius 2 is 1.01 bits per heavy atom. The first-order valence-corrected chi connectivity index (χ1v) is 22.9. The highest BCUT2D eigenvalue weighted by molar-refractivity contribution is 6.10. The number of benzene rings is 10. The molecule has 12 aromatic rings. The van der Waals surface area contributed by atoms with Crippen LogP contribution in [0.5, 0.6) is 0 Å². The van der Waals surface area contributed by atoms with Crippen molar-refractivity contribution in [2.45, 2.75) is 19.3 Å². The van der Waals surface area contributed by atoms with E-state index < -0.39 is 5.41 Å². The third-order valence-corrected chi connectivity index (χ3v) is 13.9. The van der Waals surface area contributed by atoms with Crippen molar-refractivity contribution >= 4 is 88.6 Å². The van der Waals surface area contributed by atoms with Gasteiger partial charge in [0, 0.05) is 50.7 Å². The summed E-state index contributed by atoms with van der Waals surface area (Å²) in [6, 6.07) is 79.4. The molecular formula is C62H43N3O2. The highest BCUT2D eigenvalue weighted by Gasteiger charge is 2.38. The van der Waals surface area contributed by atoms with Gasteiger partial charge in [-0.2, -0.15) is 0 Å². The Bertz CT molecular complexity index is 4000. The summed E-state index contributed by atoms with van der Waals surface area (Å²) in [4.78, 5) is 18.5. The Hall–Kier alpha value is -8.67. The Morgan fingerprint density at radius 1 is 0.418 bits per heavy atom. The van der Waals surface area contributed by atoms with Gasteiger partial charge in [-0.3, -0.25) is 4.79 Å². The van der Waals surface area contributed by atoms with E-state index in [-0.39, 0.29) is 5.43 Å². The first-order valence-electron chi connectivity index (χ1n) is 22.9. The Kier molecular flexibility index (Phi) is 8.65. The molecule has 0 N–H and O–H groups in total. The van der Waals surface area contributed by atoms with E-state index in [2.05, 4.69) is 216 Å². The lowest BCUT2D eigenvalue weighted by atomic mass is 9.72. The average Bonchev–Trinajstić information content (AvgIpc) is 3.71. The molecule has 1 aliphatic rings. The summed E-state index contributed by atoms with van der Waals surface area (Å²) in [5.41, 5.74) is 15.0. The van der Waals surface area contributed by atoms with Gasteiger partial charge in [-0.15, -0.1) is 0 Å². The van der Waals surface area contributed by atoms with E-state index in [4.69, 9.17) is 4.42 Å². The van der Waals surface area contributed by atoms with Gasteiger partial charge in [-0.05, 0) is 136 Å². The number of para-hydroxylation sites is 4. The van der Waals surface area contributed by atoms with Crippen molar-refractivity contribution < 1.29 is 4.42 Å². The first kappa shape index (κ1) is 38.8. The lowest BCUT2D eigenvalue weighted by Crippen LogP contribution is -2.31. The minimum atomic E-state index is -0.435. The van der Waals surface area contributed by atoms with Crippen LogP contribution >= 0.6 is 0 Å². The van der Waals surface area contributed by atoms with Gasteiger partial charge in [0.15, 0.2) is 0 Å². The Morgan fingerprint density at radius 3 is 1.85 bits per heavy atom. The molecule has 0 saturated heterocycles. The monoisotopic (exact) mass is 861 g/mol. The number of hydrogen-bond acceptors (Lipinski definition) is 4. The lowest BCUT2D eigenvalue weighted by Gasteiger charge is -2.43. The second-order valence-electron chi connectivity index (χ2n) is 18.1. The van der Waals surface area contributed by atoms with Gasteiger partial charge >= 0.3 is 0 Å². The maximum Gasteiger partial charge on any atom is 0.200 e. The summed E-state index contributed by atoms with van der Waals surface area (Å²) in [6.07, 6.45) is 0. The lowest BCUT2D eigenvalue weighted by molar-refractivity contribution is 0.632. The summed E-state index contributed by atoms with van der Waals surface area (Å²) < 4.78 is 8.87. The van der Waals surface area contributed by atoms with Crippen LogP contribution in [0.25, 0.3) is 71.3 Å². The van der Waals surface area contributed by atoms with Gasteiger partial charge in [-0.25, -0.2) is 0 Å². The molecule has 0 radical (unpaired) electrons. The molecule has 0 unspecified atom stereocenters.